The van der Waals surface area contributed by atoms with Gasteiger partial charge in [0.1, 0.15) is 0 Å². The summed E-state index contributed by atoms with van der Waals surface area (Å²) < 4.78 is 0. The van der Waals surface area contributed by atoms with Crippen molar-refractivity contribution in [2.24, 2.45) is 5.92 Å². The number of nitrogens with one attached hydrogen (secondary N) is 1. The van der Waals surface area contributed by atoms with E-state index in [1.54, 1.807) is 0 Å². The highest BCUT2D eigenvalue weighted by molar-refractivity contribution is 5.94. The molecule has 4 nitrogen and oxygen atoms in total. The molecule has 1 amide bonds. The molecule has 0 radical (unpaired) electrons. The van der Waals surface area contributed by atoms with Crippen molar-refractivity contribution in [2.45, 2.75) is 51.2 Å². The third-order valence-electron chi connectivity index (χ3n) is 5.17. The second-order valence-corrected chi connectivity index (χ2v) is 6.72. The van der Waals surface area contributed by atoms with E-state index in [4.69, 9.17) is 0 Å². The van der Waals surface area contributed by atoms with Crippen molar-refractivity contribution in [1.82, 2.24) is 5.32 Å². The Labute approximate surface area is 132 Å². The first kappa shape index (κ1) is 15.3. The Morgan fingerprint density at radius 1 is 1.18 bits per heavy atom. The number of aliphatic hydroxyl groups excluding tert-OH is 1. The van der Waals surface area contributed by atoms with Crippen molar-refractivity contribution in [2.75, 3.05) is 18.0 Å². The minimum Gasteiger partial charge on any atom is -0.393 e. The summed E-state index contributed by atoms with van der Waals surface area (Å²) in [6.07, 6.45) is 5.25. The lowest BCUT2D eigenvalue weighted by atomic mass is 9.80. The van der Waals surface area contributed by atoms with E-state index in [9.17, 15) is 9.90 Å². The third kappa shape index (κ3) is 3.43. The van der Waals surface area contributed by atoms with Crippen molar-refractivity contribution in [3.8, 4) is 0 Å². The SMILES string of the molecule is CC(NC(=O)c1ccc(N2CCC(O)CC2)cc1)C1CCC1. The molecule has 2 N–H and O–H groups in total. The van der Waals surface area contributed by atoms with E-state index in [0.717, 1.165) is 37.2 Å². The molecule has 4 heteroatoms. The molecule has 1 heterocycles. The van der Waals surface area contributed by atoms with Crippen LogP contribution in [0, 0.1) is 5.92 Å². The number of carbonyl (C=O) groups is 1. The Morgan fingerprint density at radius 3 is 2.36 bits per heavy atom. The van der Waals surface area contributed by atoms with Crippen LogP contribution in [0.1, 0.15) is 49.4 Å². The fourth-order valence-electron chi connectivity index (χ4n) is 3.30. The van der Waals surface area contributed by atoms with Gasteiger partial charge >= 0.3 is 0 Å². The Hall–Kier alpha value is -1.55. The van der Waals surface area contributed by atoms with Gasteiger partial charge in [-0.25, -0.2) is 0 Å². The minimum absolute atomic E-state index is 0.0278. The quantitative estimate of drug-likeness (QED) is 0.899. The zero-order chi connectivity index (χ0) is 15.5. The number of rotatable bonds is 4. The zero-order valence-corrected chi connectivity index (χ0v) is 13.3. The number of nitrogens with zero attached hydrogens (tertiary/aromatic N) is 1. The van der Waals surface area contributed by atoms with E-state index in [0.29, 0.717) is 5.92 Å². The molecular weight excluding hydrogens is 276 g/mol. The van der Waals surface area contributed by atoms with Crippen LogP contribution in [-0.4, -0.2) is 36.2 Å². The van der Waals surface area contributed by atoms with Gasteiger partial charge in [-0.15, -0.1) is 0 Å². The van der Waals surface area contributed by atoms with Crippen molar-refractivity contribution >= 4 is 11.6 Å². The number of hydrogen-bond acceptors (Lipinski definition) is 3. The summed E-state index contributed by atoms with van der Waals surface area (Å²) in [7, 11) is 0. The van der Waals surface area contributed by atoms with Crippen LogP contribution in [0.2, 0.25) is 0 Å². The molecule has 1 aromatic carbocycles. The Balaban J connectivity index is 1.57. The van der Waals surface area contributed by atoms with Gasteiger partial charge in [0.2, 0.25) is 0 Å². The fraction of sp³-hybridized carbons (Fsp3) is 0.611. The topological polar surface area (TPSA) is 52.6 Å². The van der Waals surface area contributed by atoms with Crippen molar-refractivity contribution < 1.29 is 9.90 Å². The van der Waals surface area contributed by atoms with E-state index in [-0.39, 0.29) is 18.1 Å². The molecule has 1 unspecified atom stereocenters. The fourth-order valence-corrected chi connectivity index (χ4v) is 3.30. The average Bonchev–Trinajstić information content (AvgIpc) is 2.46. The largest absolute Gasteiger partial charge is 0.393 e. The molecule has 1 aliphatic carbocycles. The molecule has 2 fully saturated rings. The monoisotopic (exact) mass is 302 g/mol. The molecule has 1 atom stereocenters. The summed E-state index contributed by atoms with van der Waals surface area (Å²) >= 11 is 0. The van der Waals surface area contributed by atoms with Crippen LogP contribution in [0.15, 0.2) is 24.3 Å². The lowest BCUT2D eigenvalue weighted by molar-refractivity contribution is 0.0909. The van der Waals surface area contributed by atoms with Crippen LogP contribution in [-0.2, 0) is 0 Å². The number of hydrogen-bond donors (Lipinski definition) is 2. The molecule has 1 saturated carbocycles. The van der Waals surface area contributed by atoms with Gasteiger partial charge in [-0.05, 0) is 62.8 Å². The van der Waals surface area contributed by atoms with Gasteiger partial charge in [-0.2, -0.15) is 0 Å². The van der Waals surface area contributed by atoms with Crippen LogP contribution in [0.4, 0.5) is 5.69 Å². The molecule has 22 heavy (non-hydrogen) atoms. The maximum atomic E-state index is 12.3. The molecule has 0 aromatic heterocycles. The lowest BCUT2D eigenvalue weighted by Gasteiger charge is -2.32. The lowest BCUT2D eigenvalue weighted by Crippen LogP contribution is -2.40. The van der Waals surface area contributed by atoms with Crippen LogP contribution < -0.4 is 10.2 Å². The van der Waals surface area contributed by atoms with Crippen molar-refractivity contribution in [3.63, 3.8) is 0 Å². The second kappa shape index (κ2) is 6.69. The Kier molecular flexibility index (Phi) is 4.67. The number of carbonyl (C=O) groups excluding carboxylic acids is 1. The molecule has 0 bridgehead atoms. The summed E-state index contributed by atoms with van der Waals surface area (Å²) in [6, 6.07) is 8.11. The van der Waals surface area contributed by atoms with E-state index in [1.807, 2.05) is 24.3 Å². The Bertz CT molecular complexity index is 502. The maximum Gasteiger partial charge on any atom is 0.251 e. The van der Waals surface area contributed by atoms with E-state index < -0.39 is 0 Å². The standard InChI is InChI=1S/C18H26N2O2/c1-13(14-3-2-4-14)19-18(22)15-5-7-16(8-6-15)20-11-9-17(21)10-12-20/h5-8,13-14,17,21H,2-4,9-12H2,1H3,(H,19,22). The van der Waals surface area contributed by atoms with Gasteiger partial charge in [0, 0.05) is 30.4 Å². The van der Waals surface area contributed by atoms with Crippen molar-refractivity contribution in [3.05, 3.63) is 29.8 Å². The van der Waals surface area contributed by atoms with Gasteiger partial charge in [0.05, 0.1) is 6.10 Å². The molecule has 2 aliphatic rings. The van der Waals surface area contributed by atoms with Crippen molar-refractivity contribution in [1.29, 1.82) is 0 Å². The predicted octanol–water partition coefficient (Wildman–Crippen LogP) is 2.57. The number of piperidine rings is 1. The van der Waals surface area contributed by atoms with Crippen LogP contribution in [0.3, 0.4) is 0 Å². The molecule has 1 aliphatic heterocycles. The maximum absolute atomic E-state index is 12.3. The average molecular weight is 302 g/mol. The van der Waals surface area contributed by atoms with Gasteiger partial charge < -0.3 is 15.3 Å². The summed E-state index contributed by atoms with van der Waals surface area (Å²) in [5.74, 6) is 0.683. The molecule has 0 spiro atoms. The second-order valence-electron chi connectivity index (χ2n) is 6.72. The smallest absolute Gasteiger partial charge is 0.251 e. The van der Waals surface area contributed by atoms with E-state index in [2.05, 4.69) is 17.1 Å². The molecule has 120 valence electrons. The normalized spacial score (nSPS) is 21.3. The predicted molar refractivity (Wildman–Crippen MR) is 88.2 cm³/mol. The van der Waals surface area contributed by atoms with Crippen LogP contribution in [0.25, 0.3) is 0 Å². The summed E-state index contributed by atoms with van der Waals surface area (Å²) in [4.78, 5) is 14.5. The van der Waals surface area contributed by atoms with E-state index >= 15 is 0 Å². The number of benzene rings is 1. The first-order valence-corrected chi connectivity index (χ1v) is 8.47. The number of amides is 1. The first-order chi connectivity index (χ1) is 10.6. The number of anilines is 1. The summed E-state index contributed by atoms with van der Waals surface area (Å²) in [5, 5.41) is 12.7. The molecular formula is C18H26N2O2. The highest BCUT2D eigenvalue weighted by atomic mass is 16.3. The number of aliphatic hydroxyl groups is 1. The minimum atomic E-state index is -0.158. The highest BCUT2D eigenvalue weighted by Gasteiger charge is 2.25. The van der Waals surface area contributed by atoms with Gasteiger partial charge in [0.25, 0.3) is 5.91 Å². The third-order valence-corrected chi connectivity index (χ3v) is 5.17. The zero-order valence-electron chi connectivity index (χ0n) is 13.3. The first-order valence-electron chi connectivity index (χ1n) is 8.47. The van der Waals surface area contributed by atoms with Gasteiger partial charge in [0.15, 0.2) is 0 Å². The Morgan fingerprint density at radius 2 is 1.82 bits per heavy atom. The molecule has 1 saturated heterocycles. The summed E-state index contributed by atoms with van der Waals surface area (Å²) in [5.41, 5.74) is 1.86. The van der Waals surface area contributed by atoms with Crippen LogP contribution in [0.5, 0.6) is 0 Å². The van der Waals surface area contributed by atoms with E-state index in [1.165, 1.54) is 19.3 Å². The summed E-state index contributed by atoms with van der Waals surface area (Å²) in [6.45, 7) is 3.87. The molecule has 3 rings (SSSR count). The van der Waals surface area contributed by atoms with Crippen LogP contribution >= 0.6 is 0 Å². The molecule has 1 aromatic rings. The van der Waals surface area contributed by atoms with Gasteiger partial charge in [-0.1, -0.05) is 6.42 Å². The highest BCUT2D eigenvalue weighted by Crippen LogP contribution is 2.29. The van der Waals surface area contributed by atoms with Gasteiger partial charge in [-0.3, -0.25) is 4.79 Å².